The monoisotopic (exact) mass is 295 g/mol. The first kappa shape index (κ1) is 14.7. The van der Waals surface area contributed by atoms with Crippen molar-refractivity contribution in [2.45, 2.75) is 0 Å². The molecule has 0 aliphatic rings. The van der Waals surface area contributed by atoms with Gasteiger partial charge in [0, 0.05) is 12.6 Å². The predicted molar refractivity (Wildman–Crippen MR) is 73.8 cm³/mol. The highest BCUT2D eigenvalue weighted by Crippen LogP contribution is 2.27. The van der Waals surface area contributed by atoms with Gasteiger partial charge in [0.15, 0.2) is 17.5 Å². The number of nitrogens with two attached hydrogens (primary N) is 1. The molecule has 0 aliphatic heterocycles. The summed E-state index contributed by atoms with van der Waals surface area (Å²) < 4.78 is 39.5. The third-order valence-corrected chi connectivity index (χ3v) is 2.85. The van der Waals surface area contributed by atoms with Crippen LogP contribution in [0.2, 0.25) is 0 Å². The fourth-order valence-electron chi connectivity index (χ4n) is 1.73. The van der Waals surface area contributed by atoms with Crippen LogP contribution in [-0.2, 0) is 0 Å². The van der Waals surface area contributed by atoms with Gasteiger partial charge in [-0.25, -0.2) is 13.2 Å². The van der Waals surface area contributed by atoms with Crippen molar-refractivity contribution in [3.63, 3.8) is 0 Å². The maximum Gasteiger partial charge on any atom is 0.251 e. The van der Waals surface area contributed by atoms with Crippen molar-refractivity contribution in [3.05, 3.63) is 53.3 Å². The second kappa shape index (κ2) is 5.74. The topological polar surface area (TPSA) is 67.2 Å². The van der Waals surface area contributed by atoms with E-state index >= 15 is 0 Å². The fraction of sp³-hybridized carbons (Fsp3) is 0.0714. The van der Waals surface area contributed by atoms with Crippen molar-refractivity contribution in [2.75, 3.05) is 18.1 Å². The molecule has 4 nitrogen and oxygen atoms in total. The first-order chi connectivity index (χ1) is 9.93. The normalized spacial score (nSPS) is 10.3. The van der Waals surface area contributed by atoms with E-state index in [0.29, 0.717) is 5.56 Å². The molecular formula is C14H12F3N3O. The van der Waals surface area contributed by atoms with E-state index in [1.54, 1.807) is 0 Å². The molecule has 0 unspecified atom stereocenters. The van der Waals surface area contributed by atoms with Gasteiger partial charge in [0.2, 0.25) is 0 Å². The van der Waals surface area contributed by atoms with Crippen LogP contribution in [0, 0.1) is 17.5 Å². The Bertz CT molecular complexity index is 704. The Morgan fingerprint density at radius 2 is 1.71 bits per heavy atom. The lowest BCUT2D eigenvalue weighted by Gasteiger charge is -2.12. The van der Waals surface area contributed by atoms with Crippen LogP contribution in [0.1, 0.15) is 10.4 Å². The molecule has 0 atom stereocenters. The van der Waals surface area contributed by atoms with E-state index in [-0.39, 0.29) is 23.0 Å². The number of carbonyl (C=O) groups excluding carboxylic acids is 1. The number of halogens is 3. The molecular weight excluding hydrogens is 283 g/mol. The maximum absolute atomic E-state index is 13.6. The first-order valence-electron chi connectivity index (χ1n) is 5.96. The highest BCUT2D eigenvalue weighted by molar-refractivity contribution is 5.96. The van der Waals surface area contributed by atoms with Crippen LogP contribution < -0.4 is 16.4 Å². The van der Waals surface area contributed by atoms with Crippen molar-refractivity contribution in [1.82, 2.24) is 5.32 Å². The van der Waals surface area contributed by atoms with Gasteiger partial charge < -0.3 is 16.4 Å². The zero-order chi connectivity index (χ0) is 15.6. The lowest BCUT2D eigenvalue weighted by molar-refractivity contribution is 0.0963. The van der Waals surface area contributed by atoms with E-state index in [1.807, 2.05) is 0 Å². The van der Waals surface area contributed by atoms with E-state index in [9.17, 15) is 18.0 Å². The molecule has 0 radical (unpaired) electrons. The van der Waals surface area contributed by atoms with Crippen LogP contribution >= 0.6 is 0 Å². The van der Waals surface area contributed by atoms with Crippen LogP contribution in [0.3, 0.4) is 0 Å². The summed E-state index contributed by atoms with van der Waals surface area (Å²) in [6.07, 6.45) is 0. The third kappa shape index (κ3) is 2.91. The molecule has 0 aliphatic carbocycles. The summed E-state index contributed by atoms with van der Waals surface area (Å²) in [5.74, 6) is -4.52. The van der Waals surface area contributed by atoms with Crippen molar-refractivity contribution in [1.29, 1.82) is 0 Å². The predicted octanol–water partition coefficient (Wildman–Crippen LogP) is 2.79. The molecule has 0 fully saturated rings. The average molecular weight is 295 g/mol. The molecule has 0 saturated carbocycles. The highest BCUT2D eigenvalue weighted by atomic mass is 19.2. The molecule has 0 aromatic heterocycles. The molecule has 110 valence electrons. The van der Waals surface area contributed by atoms with Crippen molar-refractivity contribution in [3.8, 4) is 0 Å². The molecule has 0 spiro atoms. The van der Waals surface area contributed by atoms with Gasteiger partial charge in [-0.2, -0.15) is 0 Å². The molecule has 0 saturated heterocycles. The van der Waals surface area contributed by atoms with Gasteiger partial charge in [-0.05, 0) is 30.3 Å². The number of benzene rings is 2. The van der Waals surface area contributed by atoms with Gasteiger partial charge in [0.05, 0.1) is 17.1 Å². The van der Waals surface area contributed by atoms with Gasteiger partial charge in [-0.3, -0.25) is 4.79 Å². The Morgan fingerprint density at radius 3 is 2.33 bits per heavy atom. The van der Waals surface area contributed by atoms with E-state index < -0.39 is 17.5 Å². The van der Waals surface area contributed by atoms with Gasteiger partial charge in [0.25, 0.3) is 5.91 Å². The summed E-state index contributed by atoms with van der Waals surface area (Å²) in [4.78, 5) is 11.4. The number of nitrogens with one attached hydrogen (secondary N) is 2. The van der Waals surface area contributed by atoms with E-state index in [4.69, 9.17) is 5.73 Å². The van der Waals surface area contributed by atoms with Crippen LogP contribution in [0.4, 0.5) is 30.2 Å². The van der Waals surface area contributed by atoms with E-state index in [2.05, 4.69) is 10.6 Å². The fourth-order valence-corrected chi connectivity index (χ4v) is 1.73. The lowest BCUT2D eigenvalue weighted by atomic mass is 10.1. The Morgan fingerprint density at radius 1 is 1.05 bits per heavy atom. The van der Waals surface area contributed by atoms with Gasteiger partial charge >= 0.3 is 0 Å². The third-order valence-electron chi connectivity index (χ3n) is 2.85. The summed E-state index contributed by atoms with van der Waals surface area (Å²) in [5, 5.41) is 4.99. The van der Waals surface area contributed by atoms with Gasteiger partial charge in [0.1, 0.15) is 0 Å². The van der Waals surface area contributed by atoms with Crippen molar-refractivity contribution in [2.24, 2.45) is 0 Å². The zero-order valence-corrected chi connectivity index (χ0v) is 11.0. The number of amides is 1. The summed E-state index contributed by atoms with van der Waals surface area (Å²) >= 11 is 0. The average Bonchev–Trinajstić information content (AvgIpc) is 2.48. The standard InChI is InChI=1S/C14H12F3N3O/c1-19-14(21)7-2-4-10(9(18)6-7)20-11-5-3-8(15)12(16)13(11)17/h2-6,20H,18H2,1H3,(H,19,21). The minimum Gasteiger partial charge on any atom is -0.397 e. The Labute approximate surface area is 118 Å². The van der Waals surface area contributed by atoms with Gasteiger partial charge in [-0.15, -0.1) is 0 Å². The van der Waals surface area contributed by atoms with Crippen LogP contribution in [0.5, 0.6) is 0 Å². The Balaban J connectivity index is 2.33. The van der Waals surface area contributed by atoms with Crippen LogP contribution in [0.25, 0.3) is 0 Å². The quantitative estimate of drug-likeness (QED) is 0.602. The number of hydrogen-bond donors (Lipinski definition) is 3. The van der Waals surface area contributed by atoms with Gasteiger partial charge in [-0.1, -0.05) is 0 Å². The molecule has 2 aromatic carbocycles. The second-order valence-electron chi connectivity index (χ2n) is 4.23. The molecule has 21 heavy (non-hydrogen) atoms. The van der Waals surface area contributed by atoms with Crippen molar-refractivity contribution >= 4 is 23.0 Å². The molecule has 0 heterocycles. The summed E-state index contributed by atoms with van der Waals surface area (Å²) in [7, 11) is 1.47. The molecule has 2 aromatic rings. The summed E-state index contributed by atoms with van der Waals surface area (Å²) in [6.45, 7) is 0. The zero-order valence-electron chi connectivity index (χ0n) is 11.0. The summed E-state index contributed by atoms with van der Waals surface area (Å²) in [6, 6.07) is 6.16. The minimum absolute atomic E-state index is 0.167. The first-order valence-corrected chi connectivity index (χ1v) is 5.96. The second-order valence-corrected chi connectivity index (χ2v) is 4.23. The molecule has 0 bridgehead atoms. The van der Waals surface area contributed by atoms with Crippen molar-refractivity contribution < 1.29 is 18.0 Å². The molecule has 7 heteroatoms. The number of carbonyl (C=O) groups is 1. The summed E-state index contributed by atoms with van der Waals surface area (Å²) in [5.41, 5.74) is 6.25. The highest BCUT2D eigenvalue weighted by Gasteiger charge is 2.14. The van der Waals surface area contributed by atoms with Crippen LogP contribution in [0.15, 0.2) is 30.3 Å². The maximum atomic E-state index is 13.6. The minimum atomic E-state index is -1.57. The molecule has 4 N–H and O–H groups in total. The smallest absolute Gasteiger partial charge is 0.251 e. The Kier molecular flexibility index (Phi) is 4.02. The lowest BCUT2D eigenvalue weighted by Crippen LogP contribution is -2.18. The van der Waals surface area contributed by atoms with Crippen LogP contribution in [-0.4, -0.2) is 13.0 Å². The van der Waals surface area contributed by atoms with E-state index in [0.717, 1.165) is 12.1 Å². The van der Waals surface area contributed by atoms with E-state index in [1.165, 1.54) is 25.2 Å². The molecule has 2 rings (SSSR count). The largest absolute Gasteiger partial charge is 0.397 e. The molecule has 1 amide bonds. The number of anilines is 3. The number of nitrogen functional groups attached to an aromatic ring is 1. The Hall–Kier alpha value is -2.70. The number of rotatable bonds is 3. The SMILES string of the molecule is CNC(=O)c1ccc(Nc2ccc(F)c(F)c2F)c(N)c1. The number of hydrogen-bond acceptors (Lipinski definition) is 3.